The van der Waals surface area contributed by atoms with Crippen LogP contribution >= 0.6 is 0 Å². The van der Waals surface area contributed by atoms with E-state index < -0.39 is 27.8 Å². The zero-order valence-electron chi connectivity index (χ0n) is 31.4. The van der Waals surface area contributed by atoms with Gasteiger partial charge in [-0.1, -0.05) is 76.8 Å². The number of hydrogen-bond acceptors (Lipinski definition) is 7. The number of sulfone groups is 1. The normalized spacial score (nSPS) is 16.9. The van der Waals surface area contributed by atoms with Crippen LogP contribution in [0.4, 0.5) is 0 Å². The van der Waals surface area contributed by atoms with Crippen molar-refractivity contribution in [1.29, 1.82) is 0 Å². The number of likely N-dealkylation sites (tertiary alicyclic amines) is 1. The van der Waals surface area contributed by atoms with E-state index in [0.29, 0.717) is 5.56 Å². The lowest BCUT2D eigenvalue weighted by atomic mass is 9.90. The summed E-state index contributed by atoms with van der Waals surface area (Å²) in [6, 6.07) is 12.2. The van der Waals surface area contributed by atoms with Gasteiger partial charge in [-0.05, 0) is 92.3 Å². The number of nitrogens with zero attached hydrogens (tertiary/aromatic N) is 1. The van der Waals surface area contributed by atoms with Crippen molar-refractivity contribution in [3.8, 4) is 11.1 Å². The van der Waals surface area contributed by atoms with Crippen molar-refractivity contribution in [3.63, 3.8) is 0 Å². The van der Waals surface area contributed by atoms with Gasteiger partial charge < -0.3 is 19.9 Å². The number of rotatable bonds is 13. The summed E-state index contributed by atoms with van der Waals surface area (Å²) in [6.45, 7) is 14.9. The lowest BCUT2D eigenvalue weighted by Crippen LogP contribution is -2.42. The highest BCUT2D eigenvalue weighted by molar-refractivity contribution is 7.90. The highest BCUT2D eigenvalue weighted by atomic mass is 32.2. The molecule has 2 unspecified atom stereocenters. The number of carboxylic acid groups (broad SMARTS) is 1. The number of nitrogens with one attached hydrogen (secondary N) is 1. The Morgan fingerprint density at radius 2 is 1.61 bits per heavy atom. The van der Waals surface area contributed by atoms with Crippen molar-refractivity contribution in [2.75, 3.05) is 52.5 Å². The maximum absolute atomic E-state index is 13.2. The molecule has 0 radical (unpaired) electrons. The number of amides is 1. The molecule has 278 valence electrons. The fourth-order valence-corrected chi connectivity index (χ4v) is 6.71. The number of benzene rings is 2. The van der Waals surface area contributed by atoms with Crippen molar-refractivity contribution in [2.24, 2.45) is 11.8 Å². The van der Waals surface area contributed by atoms with Crippen molar-refractivity contribution >= 4 is 21.7 Å². The molecular weight excluding hydrogens is 641 g/mol. The van der Waals surface area contributed by atoms with Crippen LogP contribution in [0.5, 0.6) is 0 Å². The number of carboxylic acids is 1. The number of carbonyl (C=O) groups is 2. The number of aryl methyl sites for hydroxylation is 1. The van der Waals surface area contributed by atoms with E-state index >= 15 is 0 Å². The molecule has 2 fully saturated rings. The third kappa shape index (κ3) is 17.1. The van der Waals surface area contributed by atoms with Gasteiger partial charge in [0, 0.05) is 52.3 Å². The summed E-state index contributed by atoms with van der Waals surface area (Å²) in [5, 5.41) is 12.1. The molecule has 1 amide bonds. The van der Waals surface area contributed by atoms with Crippen molar-refractivity contribution < 1.29 is 32.6 Å². The highest BCUT2D eigenvalue weighted by Gasteiger charge is 2.25. The Kier molecular flexibility index (Phi) is 22.0. The van der Waals surface area contributed by atoms with E-state index in [1.807, 2.05) is 64.1 Å². The predicted octanol–water partition coefficient (Wildman–Crippen LogP) is 7.40. The third-order valence-electron chi connectivity index (χ3n) is 8.91. The quantitative estimate of drug-likeness (QED) is 0.221. The van der Waals surface area contributed by atoms with Gasteiger partial charge in [0.05, 0.1) is 5.75 Å². The van der Waals surface area contributed by atoms with Crippen LogP contribution in [0.1, 0.15) is 101 Å². The first-order valence-corrected chi connectivity index (χ1v) is 20.1. The average Bonchev–Trinajstić information content (AvgIpc) is 3.55. The Hall–Kier alpha value is -2.79. The third-order valence-corrected chi connectivity index (χ3v) is 9.89. The number of hydrogen-bond donors (Lipinski definition) is 2. The Morgan fingerprint density at radius 3 is 2.14 bits per heavy atom. The molecule has 1 heterocycles. The molecule has 1 saturated heterocycles. The van der Waals surface area contributed by atoms with Crippen LogP contribution in [-0.2, 0) is 30.7 Å². The molecule has 0 spiro atoms. The van der Waals surface area contributed by atoms with Crippen molar-refractivity contribution in [1.82, 2.24) is 10.2 Å². The molecule has 10 heteroatoms. The maximum atomic E-state index is 13.2. The number of ether oxygens (including phenoxy) is 2. The van der Waals surface area contributed by atoms with E-state index in [2.05, 4.69) is 21.9 Å². The first kappa shape index (κ1) is 44.2. The van der Waals surface area contributed by atoms with Gasteiger partial charge in [-0.3, -0.25) is 9.69 Å². The molecule has 2 aromatic rings. The van der Waals surface area contributed by atoms with Gasteiger partial charge in [-0.25, -0.2) is 13.2 Å². The second kappa shape index (κ2) is 24.4. The zero-order valence-corrected chi connectivity index (χ0v) is 32.2. The summed E-state index contributed by atoms with van der Waals surface area (Å²) < 4.78 is 32.6. The Morgan fingerprint density at radius 1 is 0.959 bits per heavy atom. The zero-order chi connectivity index (χ0) is 36.8. The van der Waals surface area contributed by atoms with E-state index in [9.17, 15) is 23.1 Å². The first-order chi connectivity index (χ1) is 23.4. The molecule has 4 rings (SSSR count). The summed E-state index contributed by atoms with van der Waals surface area (Å²) in [4.78, 5) is 27.3. The SMILES string of the molecule is CC.CCC1CCN(Cc2ccc(C(=O)NC(CCS(C)(=O)=O)C(=O)O)c(-c3ccccc3C)c2)C1.CCOC.COCC1CCCCC1. The van der Waals surface area contributed by atoms with Gasteiger partial charge in [0.1, 0.15) is 15.9 Å². The minimum absolute atomic E-state index is 0.189. The minimum atomic E-state index is -3.35. The van der Waals surface area contributed by atoms with Crippen LogP contribution in [0.15, 0.2) is 42.5 Å². The van der Waals surface area contributed by atoms with Crippen LogP contribution in [0.25, 0.3) is 11.1 Å². The summed E-state index contributed by atoms with van der Waals surface area (Å²) in [7, 11) is 0.128. The molecular formula is C39H64N2O7S. The number of methoxy groups -OCH3 is 2. The fraction of sp³-hybridized carbons (Fsp3) is 0.641. The summed E-state index contributed by atoms with van der Waals surface area (Å²) >= 11 is 0. The van der Waals surface area contributed by atoms with Gasteiger partial charge in [0.15, 0.2) is 0 Å². The summed E-state index contributed by atoms with van der Waals surface area (Å²) in [6.07, 6.45) is 10.3. The van der Waals surface area contributed by atoms with E-state index in [0.717, 1.165) is 73.2 Å². The standard InChI is InChI=1S/C26H34N2O5S.C8H16O.C3H8O.C2H6/c1-4-19-11-13-28(16-19)17-20-9-10-22(23(15-20)21-8-6-5-7-18(21)2)25(29)27-24(26(30)31)12-14-34(3,32)33;1-9-7-8-5-3-2-4-6-8;1-3-4-2;1-2/h5-10,15,19,24H,4,11-14,16-17H2,1-3H3,(H,27,29)(H,30,31);8H,2-7H2,1H3;3H2,1-2H3;1-2H3. The van der Waals surface area contributed by atoms with Gasteiger partial charge >= 0.3 is 5.97 Å². The monoisotopic (exact) mass is 704 g/mol. The molecule has 2 aliphatic rings. The van der Waals surface area contributed by atoms with E-state index in [4.69, 9.17) is 4.74 Å². The first-order valence-electron chi connectivity index (χ1n) is 18.0. The summed E-state index contributed by atoms with van der Waals surface area (Å²) in [5.41, 5.74) is 4.12. The molecule has 1 aliphatic carbocycles. The van der Waals surface area contributed by atoms with Gasteiger partial charge in [-0.15, -0.1) is 0 Å². The lowest BCUT2D eigenvalue weighted by Gasteiger charge is -2.20. The molecule has 2 atom stereocenters. The molecule has 49 heavy (non-hydrogen) atoms. The topological polar surface area (TPSA) is 122 Å². The highest BCUT2D eigenvalue weighted by Crippen LogP contribution is 2.30. The van der Waals surface area contributed by atoms with Crippen LogP contribution in [-0.4, -0.2) is 88.9 Å². The van der Waals surface area contributed by atoms with Gasteiger partial charge in [-0.2, -0.15) is 0 Å². The lowest BCUT2D eigenvalue weighted by molar-refractivity contribution is -0.139. The molecule has 2 N–H and O–H groups in total. The van der Waals surface area contributed by atoms with Crippen LogP contribution in [0, 0.1) is 18.8 Å². The molecule has 0 aromatic heterocycles. The molecule has 1 saturated carbocycles. The Balaban J connectivity index is 0.000000665. The molecule has 1 aliphatic heterocycles. The van der Waals surface area contributed by atoms with Crippen LogP contribution < -0.4 is 5.32 Å². The van der Waals surface area contributed by atoms with Gasteiger partial charge in [0.25, 0.3) is 5.91 Å². The van der Waals surface area contributed by atoms with Crippen LogP contribution in [0.3, 0.4) is 0 Å². The minimum Gasteiger partial charge on any atom is -0.480 e. The van der Waals surface area contributed by atoms with E-state index in [1.165, 1.54) is 44.9 Å². The van der Waals surface area contributed by atoms with E-state index in [-0.39, 0.29) is 12.2 Å². The average molecular weight is 705 g/mol. The van der Waals surface area contributed by atoms with Crippen molar-refractivity contribution in [2.45, 2.75) is 98.6 Å². The Bertz CT molecular complexity index is 1340. The van der Waals surface area contributed by atoms with Crippen molar-refractivity contribution in [3.05, 3.63) is 59.2 Å². The molecule has 2 aromatic carbocycles. The Labute approximate surface area is 297 Å². The second-order valence-electron chi connectivity index (χ2n) is 12.8. The van der Waals surface area contributed by atoms with E-state index in [1.54, 1.807) is 20.3 Å². The largest absolute Gasteiger partial charge is 0.480 e. The number of aliphatic carboxylic acids is 1. The fourth-order valence-electron chi connectivity index (χ4n) is 6.05. The molecule has 9 nitrogen and oxygen atoms in total. The second-order valence-corrected chi connectivity index (χ2v) is 15.1. The predicted molar refractivity (Wildman–Crippen MR) is 201 cm³/mol. The smallest absolute Gasteiger partial charge is 0.326 e. The maximum Gasteiger partial charge on any atom is 0.326 e. The van der Waals surface area contributed by atoms with Crippen LogP contribution in [0.2, 0.25) is 0 Å². The molecule has 0 bridgehead atoms. The number of carbonyl (C=O) groups excluding carboxylic acids is 1. The summed E-state index contributed by atoms with van der Waals surface area (Å²) in [5.74, 6) is -0.504. The van der Waals surface area contributed by atoms with Gasteiger partial charge in [0.2, 0.25) is 0 Å².